The number of ketones is 1. The molecule has 0 saturated carbocycles. The molecule has 2 heterocycles. The fourth-order valence-electron chi connectivity index (χ4n) is 3.96. The number of hydrogen-bond donors (Lipinski definition) is 0. The van der Waals surface area contributed by atoms with Gasteiger partial charge in [0.2, 0.25) is 0 Å². The number of rotatable bonds is 4. The number of carbonyl (C=O) groups is 1. The Kier molecular flexibility index (Phi) is 5.16. The fraction of sp³-hybridized carbons (Fsp3) is 0.280. The van der Waals surface area contributed by atoms with Crippen LogP contribution in [0, 0.1) is 6.92 Å². The molecule has 2 aromatic heterocycles. The van der Waals surface area contributed by atoms with Crippen molar-refractivity contribution in [3.8, 4) is 11.1 Å². The highest BCUT2D eigenvalue weighted by Crippen LogP contribution is 2.41. The van der Waals surface area contributed by atoms with E-state index < -0.39 is 11.7 Å². The Balaban J connectivity index is 2.11. The van der Waals surface area contributed by atoms with E-state index in [9.17, 15) is 4.79 Å². The van der Waals surface area contributed by atoms with Crippen molar-refractivity contribution in [2.75, 3.05) is 0 Å². The van der Waals surface area contributed by atoms with Gasteiger partial charge in [-0.15, -0.1) is 0 Å². The summed E-state index contributed by atoms with van der Waals surface area (Å²) in [5, 5.41) is 1.70. The van der Waals surface area contributed by atoms with Crippen LogP contribution in [-0.2, 0) is 9.53 Å². The van der Waals surface area contributed by atoms with E-state index in [1.54, 1.807) is 13.1 Å². The van der Waals surface area contributed by atoms with Gasteiger partial charge in [-0.3, -0.25) is 9.20 Å². The van der Waals surface area contributed by atoms with Gasteiger partial charge in [0, 0.05) is 22.8 Å². The molecule has 0 amide bonds. The summed E-state index contributed by atoms with van der Waals surface area (Å²) in [7, 11) is 0. The number of halogens is 1. The first-order valence-corrected chi connectivity index (χ1v) is 10.4. The van der Waals surface area contributed by atoms with Gasteiger partial charge < -0.3 is 4.74 Å². The van der Waals surface area contributed by atoms with E-state index in [4.69, 9.17) is 16.3 Å². The zero-order valence-corrected chi connectivity index (χ0v) is 18.6. The minimum Gasteiger partial charge on any atom is -0.360 e. The van der Waals surface area contributed by atoms with Crippen molar-refractivity contribution >= 4 is 33.9 Å². The molecule has 0 aliphatic rings. The van der Waals surface area contributed by atoms with Crippen LogP contribution in [0.2, 0.25) is 5.02 Å². The van der Waals surface area contributed by atoms with Crippen molar-refractivity contribution < 1.29 is 9.53 Å². The first-order chi connectivity index (χ1) is 14.2. The molecule has 4 aromatic rings. The third-order valence-electron chi connectivity index (χ3n) is 5.16. The van der Waals surface area contributed by atoms with Gasteiger partial charge in [-0.05, 0) is 87.2 Å². The van der Waals surface area contributed by atoms with E-state index in [1.165, 1.54) is 0 Å². The van der Waals surface area contributed by atoms with Gasteiger partial charge >= 0.3 is 0 Å². The first-order valence-electron chi connectivity index (χ1n) is 9.99. The maximum atomic E-state index is 12.8. The van der Waals surface area contributed by atoms with Gasteiger partial charge in [0.25, 0.3) is 0 Å². The number of ether oxygens (including phenoxy) is 1. The van der Waals surface area contributed by atoms with Crippen molar-refractivity contribution in [2.45, 2.75) is 46.3 Å². The molecule has 1 atom stereocenters. The van der Waals surface area contributed by atoms with E-state index in [2.05, 4.69) is 21.5 Å². The lowest BCUT2D eigenvalue weighted by molar-refractivity contribution is -0.138. The van der Waals surface area contributed by atoms with E-state index in [-0.39, 0.29) is 5.78 Å². The van der Waals surface area contributed by atoms with Gasteiger partial charge in [0.05, 0.1) is 11.1 Å². The van der Waals surface area contributed by atoms with Crippen molar-refractivity contribution in [3.63, 3.8) is 0 Å². The van der Waals surface area contributed by atoms with E-state index in [0.717, 1.165) is 38.8 Å². The molecule has 4 rings (SSSR count). The highest BCUT2D eigenvalue weighted by atomic mass is 35.5. The largest absolute Gasteiger partial charge is 0.360 e. The second-order valence-corrected chi connectivity index (χ2v) is 9.07. The molecule has 5 heteroatoms. The van der Waals surface area contributed by atoms with E-state index in [0.29, 0.717) is 5.02 Å². The van der Waals surface area contributed by atoms with Crippen molar-refractivity contribution in [2.24, 2.45) is 0 Å². The monoisotopic (exact) mass is 420 g/mol. The smallest absolute Gasteiger partial charge is 0.163 e. The lowest BCUT2D eigenvalue weighted by atomic mass is 9.87. The average Bonchev–Trinajstić information content (AvgIpc) is 3.14. The second-order valence-electron chi connectivity index (χ2n) is 8.63. The van der Waals surface area contributed by atoms with E-state index >= 15 is 0 Å². The topological polar surface area (TPSA) is 43.6 Å². The zero-order valence-electron chi connectivity index (χ0n) is 17.9. The van der Waals surface area contributed by atoms with Crippen LogP contribution in [0.1, 0.15) is 44.9 Å². The number of fused-ring (bicyclic) bond motifs is 3. The summed E-state index contributed by atoms with van der Waals surface area (Å²) in [5.41, 5.74) is 5.32. The first kappa shape index (κ1) is 20.6. The Morgan fingerprint density at radius 1 is 1.13 bits per heavy atom. The maximum Gasteiger partial charge on any atom is 0.163 e. The Morgan fingerprint density at radius 3 is 2.47 bits per heavy atom. The average molecular weight is 421 g/mol. The molecule has 0 N–H and O–H groups in total. The van der Waals surface area contributed by atoms with Crippen LogP contribution in [-0.4, -0.2) is 20.8 Å². The molecule has 0 unspecified atom stereocenters. The van der Waals surface area contributed by atoms with Crippen LogP contribution < -0.4 is 0 Å². The molecule has 0 spiro atoms. The summed E-state index contributed by atoms with van der Waals surface area (Å²) in [5.74, 6) is -0.0219. The summed E-state index contributed by atoms with van der Waals surface area (Å²) >= 11 is 6.16. The molecular formula is C25H25ClN2O2. The summed E-state index contributed by atoms with van der Waals surface area (Å²) in [6.45, 7) is 9.53. The maximum absolute atomic E-state index is 12.8. The summed E-state index contributed by atoms with van der Waals surface area (Å²) < 4.78 is 8.35. The van der Waals surface area contributed by atoms with Gasteiger partial charge in [-0.1, -0.05) is 23.7 Å². The number of nitrogens with zero attached hydrogens (tertiary/aromatic N) is 2. The Morgan fingerprint density at radius 2 is 1.83 bits per heavy atom. The Hall–Kier alpha value is -2.69. The standard InChI is InChI=1S/C25H25ClN2O2/c1-15-14-20-19(10-11-21-27-12-13-28(20)21)23(17-6-8-18(26)9-7-17)22(15)24(16(2)29)30-25(3,4)5/h6-14,24H,1-5H3/t24-/m1/s1. The van der Waals surface area contributed by atoms with Crippen LogP contribution in [0.25, 0.3) is 27.7 Å². The highest BCUT2D eigenvalue weighted by molar-refractivity contribution is 6.30. The van der Waals surface area contributed by atoms with Crippen molar-refractivity contribution in [1.82, 2.24) is 9.38 Å². The van der Waals surface area contributed by atoms with Gasteiger partial charge in [0.15, 0.2) is 5.78 Å². The SMILES string of the molecule is CC(=O)[C@@H](OC(C)(C)C)c1c(C)cc2c(ccc3nccn32)c1-c1ccc(Cl)cc1. The number of benzene rings is 2. The van der Waals surface area contributed by atoms with Crippen LogP contribution in [0.5, 0.6) is 0 Å². The number of carbonyl (C=O) groups excluding carboxylic acids is 1. The van der Waals surface area contributed by atoms with E-state index in [1.807, 2.05) is 64.2 Å². The predicted molar refractivity (Wildman–Crippen MR) is 122 cm³/mol. The van der Waals surface area contributed by atoms with Gasteiger partial charge in [-0.25, -0.2) is 4.98 Å². The third-order valence-corrected chi connectivity index (χ3v) is 5.41. The van der Waals surface area contributed by atoms with Gasteiger partial charge in [0.1, 0.15) is 11.8 Å². The normalized spacial score (nSPS) is 13.1. The van der Waals surface area contributed by atoms with Crippen molar-refractivity contribution in [1.29, 1.82) is 0 Å². The number of imidazole rings is 1. The summed E-state index contributed by atoms with van der Waals surface area (Å²) in [4.78, 5) is 17.2. The fourth-order valence-corrected chi connectivity index (χ4v) is 4.09. The van der Waals surface area contributed by atoms with Crippen LogP contribution in [0.3, 0.4) is 0 Å². The number of Topliss-reactive ketones (excluding diaryl/α,β-unsaturated/α-hetero) is 1. The van der Waals surface area contributed by atoms with Crippen molar-refractivity contribution in [3.05, 3.63) is 71.0 Å². The lowest BCUT2D eigenvalue weighted by Crippen LogP contribution is -2.27. The molecule has 0 fully saturated rings. The lowest BCUT2D eigenvalue weighted by Gasteiger charge is -2.29. The highest BCUT2D eigenvalue weighted by Gasteiger charge is 2.29. The van der Waals surface area contributed by atoms with Gasteiger partial charge in [-0.2, -0.15) is 0 Å². The molecule has 30 heavy (non-hydrogen) atoms. The predicted octanol–water partition coefficient (Wildman–Crippen LogP) is 6.56. The minimum atomic E-state index is -0.668. The minimum absolute atomic E-state index is 0.0219. The number of pyridine rings is 1. The molecule has 2 aromatic carbocycles. The molecule has 4 nitrogen and oxygen atoms in total. The summed E-state index contributed by atoms with van der Waals surface area (Å²) in [6.07, 6.45) is 3.08. The Bertz CT molecular complexity index is 1250. The molecule has 0 bridgehead atoms. The zero-order chi connectivity index (χ0) is 21.6. The van der Waals surface area contributed by atoms with Crippen LogP contribution in [0.15, 0.2) is 54.9 Å². The molecule has 0 saturated heterocycles. The Labute approximate surface area is 181 Å². The molecule has 0 radical (unpaired) electrons. The number of hydrogen-bond acceptors (Lipinski definition) is 3. The number of aromatic nitrogens is 2. The molecule has 154 valence electrons. The number of aryl methyl sites for hydroxylation is 1. The van der Waals surface area contributed by atoms with Crippen LogP contribution >= 0.6 is 11.6 Å². The third kappa shape index (κ3) is 3.73. The summed E-state index contributed by atoms with van der Waals surface area (Å²) in [6, 6.07) is 13.9. The molecule has 0 aliphatic carbocycles. The van der Waals surface area contributed by atoms with Crippen LogP contribution in [0.4, 0.5) is 0 Å². The quantitative estimate of drug-likeness (QED) is 0.375. The molecule has 0 aliphatic heterocycles. The second kappa shape index (κ2) is 7.53. The molecular weight excluding hydrogens is 396 g/mol.